The number of piperidine rings is 1. The van der Waals surface area contributed by atoms with Gasteiger partial charge in [-0.05, 0) is 60.2 Å². The molecule has 0 bridgehead atoms. The van der Waals surface area contributed by atoms with Crippen molar-refractivity contribution in [2.24, 2.45) is 17.0 Å². The van der Waals surface area contributed by atoms with Gasteiger partial charge in [-0.2, -0.15) is 0 Å². The largest absolute Gasteiger partial charge is 0.492 e. The number of primary sulfonamides is 1. The molecule has 2 fully saturated rings. The Morgan fingerprint density at radius 3 is 2.31 bits per heavy atom. The number of nitrogens with zero attached hydrogens (tertiary/aromatic N) is 1. The third-order valence-electron chi connectivity index (χ3n) is 6.73. The summed E-state index contributed by atoms with van der Waals surface area (Å²) in [6.45, 7) is 5.47. The summed E-state index contributed by atoms with van der Waals surface area (Å²) in [6.07, 6.45) is 2.18. The highest BCUT2D eigenvalue weighted by atomic mass is 32.2. The predicted molar refractivity (Wildman–Crippen MR) is 124 cm³/mol. The zero-order valence-corrected chi connectivity index (χ0v) is 19.8. The van der Waals surface area contributed by atoms with E-state index in [0.717, 1.165) is 32.3 Å². The number of rotatable bonds is 9. The van der Waals surface area contributed by atoms with Crippen LogP contribution in [-0.4, -0.2) is 54.2 Å². The first kappa shape index (κ1) is 23.0. The second-order valence-corrected chi connectivity index (χ2v) is 12.0. The van der Waals surface area contributed by atoms with Gasteiger partial charge in [0.25, 0.3) is 0 Å². The molecule has 1 aliphatic carbocycles. The Bertz CT molecular complexity index is 1180. The quantitative estimate of drug-likeness (QED) is 0.568. The van der Waals surface area contributed by atoms with E-state index in [1.807, 2.05) is 12.1 Å². The van der Waals surface area contributed by atoms with Gasteiger partial charge in [-0.1, -0.05) is 19.1 Å². The summed E-state index contributed by atoms with van der Waals surface area (Å²) >= 11 is 0. The molecule has 10 heteroatoms. The molecule has 1 saturated heterocycles. The lowest BCUT2D eigenvalue weighted by atomic mass is 9.87. The fourth-order valence-corrected chi connectivity index (χ4v) is 6.33. The molecule has 2 aromatic rings. The standard InChI is InChI=1S/C22H29N3O5S2/c1-3-22(16-5-4-6-17(13-16)24-31(2,26)27)20-14-25(15-21(20)22)11-12-30-18-7-9-19(10-8-18)32(23,28)29/h4-10,13,20-21,24H,3,11-12,14-15H2,1-2H3,(H2,23,28,29). The van der Waals surface area contributed by atoms with Gasteiger partial charge < -0.3 is 4.74 Å². The SMILES string of the molecule is CCC1(c2cccc(NS(C)(=O)=O)c2)C2CN(CCOc3ccc(S(N)(=O)=O)cc3)CC21. The molecule has 174 valence electrons. The first-order valence-corrected chi connectivity index (χ1v) is 14.0. The second-order valence-electron chi connectivity index (χ2n) is 8.69. The molecule has 1 saturated carbocycles. The lowest BCUT2D eigenvalue weighted by molar-refractivity contribution is 0.209. The highest BCUT2D eigenvalue weighted by Gasteiger charge is 2.67. The number of nitrogens with two attached hydrogens (primary N) is 1. The first-order chi connectivity index (χ1) is 15.0. The Labute approximate surface area is 189 Å². The summed E-state index contributed by atoms with van der Waals surface area (Å²) in [5.41, 5.74) is 1.92. The van der Waals surface area contributed by atoms with Crippen LogP contribution in [0.3, 0.4) is 0 Å². The van der Waals surface area contributed by atoms with E-state index in [2.05, 4.69) is 22.6 Å². The van der Waals surface area contributed by atoms with Crippen LogP contribution in [0.4, 0.5) is 5.69 Å². The monoisotopic (exact) mass is 479 g/mol. The second kappa shape index (κ2) is 8.33. The maximum absolute atomic E-state index is 11.6. The fraction of sp³-hybridized carbons (Fsp3) is 0.455. The minimum Gasteiger partial charge on any atom is -0.492 e. The van der Waals surface area contributed by atoms with Crippen LogP contribution in [0.1, 0.15) is 18.9 Å². The minimum atomic E-state index is -3.70. The first-order valence-electron chi connectivity index (χ1n) is 10.6. The van der Waals surface area contributed by atoms with Gasteiger partial charge in [0.15, 0.2) is 0 Å². The summed E-state index contributed by atoms with van der Waals surface area (Å²) in [6, 6.07) is 13.9. The molecule has 8 nitrogen and oxygen atoms in total. The van der Waals surface area contributed by atoms with Gasteiger partial charge in [-0.3, -0.25) is 9.62 Å². The van der Waals surface area contributed by atoms with E-state index in [4.69, 9.17) is 9.88 Å². The van der Waals surface area contributed by atoms with Crippen LogP contribution in [0.15, 0.2) is 53.4 Å². The van der Waals surface area contributed by atoms with Crippen LogP contribution < -0.4 is 14.6 Å². The molecule has 4 rings (SSSR count). The molecule has 1 aliphatic heterocycles. The number of likely N-dealkylation sites (tertiary alicyclic amines) is 1. The van der Waals surface area contributed by atoms with E-state index < -0.39 is 20.0 Å². The molecule has 2 atom stereocenters. The van der Waals surface area contributed by atoms with Crippen molar-refractivity contribution in [2.75, 3.05) is 37.2 Å². The lowest BCUT2D eigenvalue weighted by Gasteiger charge is -2.26. The maximum atomic E-state index is 11.6. The summed E-state index contributed by atoms with van der Waals surface area (Å²) in [5, 5.41) is 5.11. The van der Waals surface area contributed by atoms with E-state index in [9.17, 15) is 16.8 Å². The maximum Gasteiger partial charge on any atom is 0.238 e. The van der Waals surface area contributed by atoms with E-state index in [1.54, 1.807) is 18.2 Å². The Hall–Kier alpha value is -2.14. The van der Waals surface area contributed by atoms with Crippen molar-refractivity contribution in [3.8, 4) is 5.75 Å². The van der Waals surface area contributed by atoms with Crippen LogP contribution in [0.25, 0.3) is 0 Å². The molecule has 0 radical (unpaired) electrons. The summed E-state index contributed by atoms with van der Waals surface area (Å²) in [5.74, 6) is 1.71. The molecule has 32 heavy (non-hydrogen) atoms. The molecule has 2 aliphatic rings. The van der Waals surface area contributed by atoms with Gasteiger partial charge >= 0.3 is 0 Å². The smallest absolute Gasteiger partial charge is 0.238 e. The number of benzene rings is 2. The molecule has 3 N–H and O–H groups in total. The number of fused-ring (bicyclic) bond motifs is 1. The highest BCUT2D eigenvalue weighted by molar-refractivity contribution is 7.92. The Morgan fingerprint density at radius 2 is 1.75 bits per heavy atom. The number of hydrogen-bond acceptors (Lipinski definition) is 6. The fourth-order valence-electron chi connectivity index (χ4n) is 5.26. The number of anilines is 1. The van der Waals surface area contributed by atoms with Gasteiger partial charge in [0.05, 0.1) is 11.2 Å². The molecule has 0 aromatic heterocycles. The van der Waals surface area contributed by atoms with Crippen molar-refractivity contribution in [1.29, 1.82) is 0 Å². The zero-order valence-electron chi connectivity index (χ0n) is 18.2. The zero-order chi connectivity index (χ0) is 23.1. The van der Waals surface area contributed by atoms with Crippen molar-refractivity contribution in [3.63, 3.8) is 0 Å². The average Bonchev–Trinajstić information content (AvgIpc) is 3.09. The number of sulfonamides is 2. The van der Waals surface area contributed by atoms with Gasteiger partial charge in [-0.25, -0.2) is 22.0 Å². The Kier molecular flexibility index (Phi) is 6.00. The van der Waals surface area contributed by atoms with Gasteiger partial charge in [0.1, 0.15) is 12.4 Å². The molecule has 2 unspecified atom stereocenters. The Morgan fingerprint density at radius 1 is 1.09 bits per heavy atom. The normalized spacial score (nSPS) is 25.3. The van der Waals surface area contributed by atoms with E-state index in [1.165, 1.54) is 17.7 Å². The molecular weight excluding hydrogens is 450 g/mol. The highest BCUT2D eigenvalue weighted by Crippen LogP contribution is 2.65. The van der Waals surface area contributed by atoms with E-state index in [0.29, 0.717) is 29.9 Å². The number of hydrogen-bond donors (Lipinski definition) is 2. The summed E-state index contributed by atoms with van der Waals surface area (Å²) in [7, 11) is -7.00. The van der Waals surface area contributed by atoms with Crippen LogP contribution in [0.5, 0.6) is 5.75 Å². The summed E-state index contributed by atoms with van der Waals surface area (Å²) < 4.78 is 54.2. The van der Waals surface area contributed by atoms with Crippen LogP contribution >= 0.6 is 0 Å². The molecule has 1 heterocycles. The van der Waals surface area contributed by atoms with Gasteiger partial charge in [-0.15, -0.1) is 0 Å². The van der Waals surface area contributed by atoms with Gasteiger partial charge in [0.2, 0.25) is 20.0 Å². The minimum absolute atomic E-state index is 0.0659. The van der Waals surface area contributed by atoms with Crippen LogP contribution in [-0.2, 0) is 25.5 Å². The summed E-state index contributed by atoms with van der Waals surface area (Å²) in [4.78, 5) is 2.46. The van der Waals surface area contributed by atoms with E-state index >= 15 is 0 Å². The van der Waals surface area contributed by atoms with Gasteiger partial charge in [0, 0.05) is 30.7 Å². The van der Waals surface area contributed by atoms with Crippen molar-refractivity contribution >= 4 is 25.7 Å². The van der Waals surface area contributed by atoms with E-state index in [-0.39, 0.29) is 10.3 Å². The lowest BCUT2D eigenvalue weighted by Crippen LogP contribution is -2.33. The molecule has 0 spiro atoms. The number of ether oxygens (including phenoxy) is 1. The molecule has 0 amide bonds. The van der Waals surface area contributed by atoms with Crippen molar-refractivity contribution in [1.82, 2.24) is 4.90 Å². The van der Waals surface area contributed by atoms with Crippen molar-refractivity contribution in [2.45, 2.75) is 23.7 Å². The third-order valence-corrected chi connectivity index (χ3v) is 8.26. The third kappa shape index (κ3) is 4.63. The molecular formula is C22H29N3O5S2. The Balaban J connectivity index is 1.32. The molecule has 2 aromatic carbocycles. The topological polar surface area (TPSA) is 119 Å². The number of nitrogens with one attached hydrogen (secondary N) is 1. The van der Waals surface area contributed by atoms with Crippen LogP contribution in [0.2, 0.25) is 0 Å². The van der Waals surface area contributed by atoms with Crippen LogP contribution in [0, 0.1) is 11.8 Å². The van der Waals surface area contributed by atoms with Crippen molar-refractivity contribution < 1.29 is 21.6 Å². The predicted octanol–water partition coefficient (Wildman–Crippen LogP) is 1.99. The van der Waals surface area contributed by atoms with Crippen molar-refractivity contribution in [3.05, 3.63) is 54.1 Å². The average molecular weight is 480 g/mol.